The highest BCUT2D eigenvalue weighted by atomic mass is 16.5. The van der Waals surface area contributed by atoms with Crippen molar-refractivity contribution >= 4 is 22.8 Å². The van der Waals surface area contributed by atoms with Crippen molar-refractivity contribution in [3.8, 4) is 5.88 Å². The number of hydrogen-bond acceptors (Lipinski definition) is 6. The summed E-state index contributed by atoms with van der Waals surface area (Å²) < 4.78 is 5.60. The highest BCUT2D eigenvalue weighted by Gasteiger charge is 2.32. The molecular weight excluding hydrogens is 284 g/mol. The first-order valence-corrected chi connectivity index (χ1v) is 7.30. The van der Waals surface area contributed by atoms with E-state index < -0.39 is 12.0 Å². The van der Waals surface area contributed by atoms with Crippen LogP contribution in [0.3, 0.4) is 0 Å². The molecule has 0 spiro atoms. The van der Waals surface area contributed by atoms with Crippen molar-refractivity contribution in [3.63, 3.8) is 0 Å². The van der Waals surface area contributed by atoms with Crippen LogP contribution in [0.1, 0.15) is 6.92 Å². The molecule has 0 bridgehead atoms. The molecule has 0 aliphatic carbocycles. The van der Waals surface area contributed by atoms with Gasteiger partial charge in [-0.3, -0.25) is 0 Å². The molecule has 7 nitrogen and oxygen atoms in total. The standard InChI is InChI=1S/C15H18N4O3/c1-2-22-14-13(17-10-5-3-4-6-11(10)18-14)19-8-7-16-9-12(19)15(20)21/h3-6,12,16H,2,7-9H2,1H3,(H,20,21). The molecule has 22 heavy (non-hydrogen) atoms. The Morgan fingerprint density at radius 3 is 2.82 bits per heavy atom. The summed E-state index contributed by atoms with van der Waals surface area (Å²) in [5, 5.41) is 12.5. The Morgan fingerprint density at radius 1 is 1.41 bits per heavy atom. The molecule has 1 aliphatic rings. The molecule has 0 radical (unpaired) electrons. The number of hydrogen-bond donors (Lipinski definition) is 2. The van der Waals surface area contributed by atoms with E-state index in [-0.39, 0.29) is 0 Å². The first kappa shape index (κ1) is 14.5. The van der Waals surface area contributed by atoms with Crippen LogP contribution < -0.4 is 15.0 Å². The van der Waals surface area contributed by atoms with E-state index in [0.29, 0.717) is 37.9 Å². The van der Waals surface area contributed by atoms with Gasteiger partial charge in [0.15, 0.2) is 5.82 Å². The van der Waals surface area contributed by atoms with E-state index in [0.717, 1.165) is 11.0 Å². The maximum atomic E-state index is 11.5. The van der Waals surface area contributed by atoms with Gasteiger partial charge in [0.1, 0.15) is 6.04 Å². The second-order valence-electron chi connectivity index (χ2n) is 5.03. The third-order valence-corrected chi connectivity index (χ3v) is 3.60. The number of piperazine rings is 1. The van der Waals surface area contributed by atoms with Crippen LogP contribution in [0.15, 0.2) is 24.3 Å². The van der Waals surface area contributed by atoms with Crippen LogP contribution in [0.25, 0.3) is 11.0 Å². The van der Waals surface area contributed by atoms with Crippen molar-refractivity contribution in [1.82, 2.24) is 15.3 Å². The summed E-state index contributed by atoms with van der Waals surface area (Å²) in [4.78, 5) is 22.3. The molecule has 1 saturated heterocycles. The Balaban J connectivity index is 2.10. The normalized spacial score (nSPS) is 18.4. The fourth-order valence-corrected chi connectivity index (χ4v) is 2.57. The summed E-state index contributed by atoms with van der Waals surface area (Å²) in [7, 11) is 0. The maximum absolute atomic E-state index is 11.5. The van der Waals surface area contributed by atoms with Crippen LogP contribution in [-0.4, -0.2) is 53.3 Å². The number of aliphatic carboxylic acids is 1. The predicted molar refractivity (Wildman–Crippen MR) is 82.3 cm³/mol. The minimum atomic E-state index is -0.885. The minimum Gasteiger partial charge on any atom is -0.480 e. The number of rotatable bonds is 4. The SMILES string of the molecule is CCOc1nc2ccccc2nc1N1CCNCC1C(=O)O. The molecule has 0 amide bonds. The molecule has 116 valence electrons. The third kappa shape index (κ3) is 2.67. The number of nitrogens with zero attached hydrogens (tertiary/aromatic N) is 3. The van der Waals surface area contributed by atoms with Crippen LogP contribution >= 0.6 is 0 Å². The van der Waals surface area contributed by atoms with E-state index in [1.807, 2.05) is 31.2 Å². The monoisotopic (exact) mass is 302 g/mol. The molecule has 2 heterocycles. The Kier molecular flexibility index (Phi) is 4.06. The number of fused-ring (bicyclic) bond motifs is 1. The first-order chi connectivity index (χ1) is 10.7. The average molecular weight is 302 g/mol. The van der Waals surface area contributed by atoms with Gasteiger partial charge in [-0.25, -0.2) is 14.8 Å². The smallest absolute Gasteiger partial charge is 0.327 e. The van der Waals surface area contributed by atoms with E-state index in [1.165, 1.54) is 0 Å². The Morgan fingerprint density at radius 2 is 2.14 bits per heavy atom. The van der Waals surface area contributed by atoms with E-state index >= 15 is 0 Å². The van der Waals surface area contributed by atoms with Crippen LogP contribution in [-0.2, 0) is 4.79 Å². The molecular formula is C15H18N4O3. The van der Waals surface area contributed by atoms with E-state index in [9.17, 15) is 9.90 Å². The molecule has 1 fully saturated rings. The molecule has 2 aromatic rings. The van der Waals surface area contributed by atoms with Gasteiger partial charge in [-0.2, -0.15) is 0 Å². The topological polar surface area (TPSA) is 87.6 Å². The second kappa shape index (κ2) is 6.15. The number of nitrogens with one attached hydrogen (secondary N) is 1. The fourth-order valence-electron chi connectivity index (χ4n) is 2.57. The summed E-state index contributed by atoms with van der Waals surface area (Å²) >= 11 is 0. The van der Waals surface area contributed by atoms with Crippen molar-refractivity contribution in [3.05, 3.63) is 24.3 Å². The zero-order valence-electron chi connectivity index (χ0n) is 12.3. The van der Waals surface area contributed by atoms with Gasteiger partial charge in [0, 0.05) is 19.6 Å². The number of anilines is 1. The van der Waals surface area contributed by atoms with Gasteiger partial charge in [0.25, 0.3) is 5.88 Å². The molecule has 1 unspecified atom stereocenters. The zero-order valence-corrected chi connectivity index (χ0v) is 12.3. The molecule has 3 rings (SSSR count). The molecule has 1 aromatic heterocycles. The van der Waals surface area contributed by atoms with Crippen LogP contribution in [0.5, 0.6) is 5.88 Å². The van der Waals surface area contributed by atoms with Crippen molar-refractivity contribution < 1.29 is 14.6 Å². The number of carbonyl (C=O) groups is 1. The number of ether oxygens (including phenoxy) is 1. The molecule has 2 N–H and O–H groups in total. The quantitative estimate of drug-likeness (QED) is 0.867. The molecule has 7 heteroatoms. The molecule has 1 aliphatic heterocycles. The average Bonchev–Trinajstić information content (AvgIpc) is 2.54. The lowest BCUT2D eigenvalue weighted by atomic mass is 10.2. The van der Waals surface area contributed by atoms with Gasteiger partial charge >= 0.3 is 5.97 Å². The van der Waals surface area contributed by atoms with Gasteiger partial charge in [0.05, 0.1) is 17.6 Å². The van der Waals surface area contributed by atoms with Crippen LogP contribution in [0, 0.1) is 0 Å². The summed E-state index contributed by atoms with van der Waals surface area (Å²) in [5.74, 6) is -0.00610. The van der Waals surface area contributed by atoms with E-state index in [4.69, 9.17) is 4.74 Å². The number of benzene rings is 1. The number of aromatic nitrogens is 2. The Bertz CT molecular complexity index is 692. The van der Waals surface area contributed by atoms with Crippen molar-refractivity contribution in [2.45, 2.75) is 13.0 Å². The fraction of sp³-hybridized carbons (Fsp3) is 0.400. The predicted octanol–water partition coefficient (Wildman–Crippen LogP) is 0.891. The lowest BCUT2D eigenvalue weighted by Gasteiger charge is -2.34. The third-order valence-electron chi connectivity index (χ3n) is 3.60. The van der Waals surface area contributed by atoms with E-state index in [1.54, 1.807) is 4.90 Å². The van der Waals surface area contributed by atoms with Crippen molar-refractivity contribution in [2.24, 2.45) is 0 Å². The van der Waals surface area contributed by atoms with Gasteiger partial charge in [-0.05, 0) is 19.1 Å². The van der Waals surface area contributed by atoms with E-state index in [2.05, 4.69) is 15.3 Å². The summed E-state index contributed by atoms with van der Waals surface area (Å²) in [6.07, 6.45) is 0. The van der Waals surface area contributed by atoms with Crippen molar-refractivity contribution in [1.29, 1.82) is 0 Å². The largest absolute Gasteiger partial charge is 0.480 e. The van der Waals surface area contributed by atoms with Gasteiger partial charge in [0.2, 0.25) is 0 Å². The number of para-hydroxylation sites is 2. The van der Waals surface area contributed by atoms with Gasteiger partial charge in [-0.15, -0.1) is 0 Å². The highest BCUT2D eigenvalue weighted by Crippen LogP contribution is 2.29. The maximum Gasteiger partial charge on any atom is 0.327 e. The van der Waals surface area contributed by atoms with Crippen molar-refractivity contribution in [2.75, 3.05) is 31.1 Å². The number of carboxylic acid groups (broad SMARTS) is 1. The molecule has 0 saturated carbocycles. The molecule has 1 aromatic carbocycles. The van der Waals surface area contributed by atoms with Crippen LogP contribution in [0.4, 0.5) is 5.82 Å². The highest BCUT2D eigenvalue weighted by molar-refractivity contribution is 5.82. The number of carboxylic acids is 1. The van der Waals surface area contributed by atoms with Crippen LogP contribution in [0.2, 0.25) is 0 Å². The minimum absolute atomic E-state index is 0.370. The van der Waals surface area contributed by atoms with Gasteiger partial charge in [-0.1, -0.05) is 12.1 Å². The first-order valence-electron chi connectivity index (χ1n) is 7.30. The van der Waals surface area contributed by atoms with Gasteiger partial charge < -0.3 is 20.1 Å². The second-order valence-corrected chi connectivity index (χ2v) is 5.03. The Labute approximate surface area is 127 Å². The summed E-state index contributed by atoms with van der Waals surface area (Å²) in [6, 6.07) is 6.81. The zero-order chi connectivity index (χ0) is 15.5. The summed E-state index contributed by atoms with van der Waals surface area (Å²) in [6.45, 7) is 3.93. The Hall–Kier alpha value is -2.41. The lowest BCUT2D eigenvalue weighted by Crippen LogP contribution is -2.55. The molecule has 1 atom stereocenters. The summed E-state index contributed by atoms with van der Waals surface area (Å²) in [5.41, 5.74) is 1.46. The lowest BCUT2D eigenvalue weighted by molar-refractivity contribution is -0.138.